The molecule has 1 fully saturated rings. The van der Waals surface area contributed by atoms with Gasteiger partial charge in [-0.15, -0.1) is 0 Å². The third kappa shape index (κ3) is 7.62. The second-order valence-corrected chi connectivity index (χ2v) is 11.4. The predicted molar refractivity (Wildman–Crippen MR) is 162 cm³/mol. The number of carbonyl (C=O) groups excluding carboxylic acids is 2. The third-order valence-electron chi connectivity index (χ3n) is 6.16. The van der Waals surface area contributed by atoms with Crippen LogP contribution in [0.25, 0.3) is 17.4 Å². The van der Waals surface area contributed by atoms with E-state index in [0.717, 1.165) is 24.5 Å². The number of furan rings is 1. The van der Waals surface area contributed by atoms with Crippen molar-refractivity contribution in [3.63, 3.8) is 0 Å². The lowest BCUT2D eigenvalue weighted by Crippen LogP contribution is -2.51. The largest absolute Gasteiger partial charge is 0.457 e. The number of amides is 2. The van der Waals surface area contributed by atoms with Crippen LogP contribution in [0.3, 0.4) is 0 Å². The van der Waals surface area contributed by atoms with Crippen LogP contribution in [0, 0.1) is 5.41 Å². The number of piperazine rings is 1. The van der Waals surface area contributed by atoms with E-state index >= 15 is 0 Å². The van der Waals surface area contributed by atoms with Crippen molar-refractivity contribution >= 4 is 69.8 Å². The standard InChI is InChI=1S/C29H30Cl2N4O3S/c1-29(2,3)27(37)35-16-14-34(15-17-35)21-7-5-20(6-8-21)32-28(39)33-26(36)13-10-22-9-12-25(38-22)23-11-4-19(30)18-24(23)31/h4-13,18H,14-17H2,1-3H3,(H2,32,33,36,39)/b13-10+. The highest BCUT2D eigenvalue weighted by atomic mass is 35.5. The van der Waals surface area contributed by atoms with Gasteiger partial charge in [0.15, 0.2) is 5.11 Å². The van der Waals surface area contributed by atoms with Crippen molar-refractivity contribution < 1.29 is 14.0 Å². The zero-order chi connectivity index (χ0) is 28.2. The van der Waals surface area contributed by atoms with Crippen molar-refractivity contribution in [2.75, 3.05) is 36.4 Å². The predicted octanol–water partition coefficient (Wildman–Crippen LogP) is 6.47. The molecule has 10 heteroatoms. The van der Waals surface area contributed by atoms with Crippen molar-refractivity contribution in [3.05, 3.63) is 76.5 Å². The lowest BCUT2D eigenvalue weighted by atomic mass is 9.94. The fourth-order valence-corrected chi connectivity index (χ4v) is 4.87. The fourth-order valence-electron chi connectivity index (χ4n) is 4.15. The van der Waals surface area contributed by atoms with Crippen molar-refractivity contribution in [2.45, 2.75) is 20.8 Å². The van der Waals surface area contributed by atoms with Crippen LogP contribution in [0.2, 0.25) is 10.0 Å². The van der Waals surface area contributed by atoms with E-state index in [1.165, 1.54) is 6.08 Å². The van der Waals surface area contributed by atoms with Crippen LogP contribution in [0.1, 0.15) is 26.5 Å². The first kappa shape index (κ1) is 28.7. The first-order valence-corrected chi connectivity index (χ1v) is 13.7. The normalized spacial score (nSPS) is 14.0. The van der Waals surface area contributed by atoms with Gasteiger partial charge >= 0.3 is 0 Å². The molecule has 4 rings (SSSR count). The zero-order valence-corrected chi connectivity index (χ0v) is 24.3. The summed E-state index contributed by atoms with van der Waals surface area (Å²) in [6, 6.07) is 16.5. The molecule has 2 N–H and O–H groups in total. The van der Waals surface area contributed by atoms with Crippen LogP contribution in [-0.2, 0) is 9.59 Å². The van der Waals surface area contributed by atoms with Crippen LogP contribution in [0.15, 0.2) is 65.1 Å². The summed E-state index contributed by atoms with van der Waals surface area (Å²) in [5.41, 5.74) is 2.16. The molecule has 0 unspecified atom stereocenters. The van der Waals surface area contributed by atoms with Gasteiger partial charge in [-0.2, -0.15) is 0 Å². The number of nitrogens with zero attached hydrogens (tertiary/aromatic N) is 2. The van der Waals surface area contributed by atoms with Crippen LogP contribution < -0.4 is 15.5 Å². The van der Waals surface area contributed by atoms with Crippen LogP contribution in [0.5, 0.6) is 0 Å². The average molecular weight is 586 g/mol. The van der Waals surface area contributed by atoms with Gasteiger partial charge in [0.2, 0.25) is 11.8 Å². The molecule has 0 radical (unpaired) electrons. The summed E-state index contributed by atoms with van der Waals surface area (Å²) in [5.74, 6) is 0.847. The zero-order valence-electron chi connectivity index (χ0n) is 22.0. The number of anilines is 2. The number of thiocarbonyl (C=S) groups is 1. The maximum atomic E-state index is 12.5. The lowest BCUT2D eigenvalue weighted by Gasteiger charge is -2.38. The summed E-state index contributed by atoms with van der Waals surface area (Å²) in [6.07, 6.45) is 2.89. The minimum absolute atomic E-state index is 0.180. The molecular formula is C29H30Cl2N4O3S. The SMILES string of the molecule is CC(C)(C)C(=O)N1CCN(c2ccc(NC(=S)NC(=O)/C=C/c3ccc(-c4ccc(Cl)cc4Cl)o3)cc2)CC1. The molecule has 2 aromatic carbocycles. The molecule has 7 nitrogen and oxygen atoms in total. The summed E-state index contributed by atoms with van der Waals surface area (Å²) in [5, 5.41) is 6.84. The Morgan fingerprint density at radius 3 is 2.31 bits per heavy atom. The average Bonchev–Trinajstić information content (AvgIpc) is 3.36. The Morgan fingerprint density at radius 2 is 1.67 bits per heavy atom. The third-order valence-corrected chi connectivity index (χ3v) is 6.91. The Morgan fingerprint density at radius 1 is 0.974 bits per heavy atom. The van der Waals surface area contributed by atoms with Gasteiger partial charge in [-0.3, -0.25) is 14.9 Å². The van der Waals surface area contributed by atoms with Gasteiger partial charge in [-0.1, -0.05) is 44.0 Å². The quantitative estimate of drug-likeness (QED) is 0.264. The molecule has 39 heavy (non-hydrogen) atoms. The van der Waals surface area contributed by atoms with Crippen LogP contribution in [-0.4, -0.2) is 48.0 Å². The van der Waals surface area contributed by atoms with Gasteiger partial charge in [0.25, 0.3) is 0 Å². The number of rotatable bonds is 5. The Kier molecular flexibility index (Phi) is 9.00. The number of carbonyl (C=O) groups is 2. The molecular weight excluding hydrogens is 555 g/mol. The first-order valence-electron chi connectivity index (χ1n) is 12.5. The second-order valence-electron chi connectivity index (χ2n) is 10.2. The summed E-state index contributed by atoms with van der Waals surface area (Å²) in [4.78, 5) is 29.0. The first-order chi connectivity index (χ1) is 18.5. The Hall–Kier alpha value is -3.33. The van der Waals surface area contributed by atoms with Crippen LogP contribution in [0.4, 0.5) is 11.4 Å². The van der Waals surface area contributed by atoms with Gasteiger partial charge < -0.3 is 19.5 Å². The second kappa shape index (κ2) is 12.2. The molecule has 0 saturated carbocycles. The van der Waals surface area contributed by atoms with Crippen molar-refractivity contribution in [1.29, 1.82) is 0 Å². The molecule has 0 bridgehead atoms. The van der Waals surface area contributed by atoms with E-state index in [0.29, 0.717) is 40.2 Å². The number of hydrogen-bond acceptors (Lipinski definition) is 5. The van der Waals surface area contributed by atoms with Crippen LogP contribution >= 0.6 is 35.4 Å². The van der Waals surface area contributed by atoms with E-state index in [4.69, 9.17) is 39.8 Å². The summed E-state index contributed by atoms with van der Waals surface area (Å²) in [7, 11) is 0. The minimum Gasteiger partial charge on any atom is -0.457 e. The molecule has 1 aromatic heterocycles. The molecule has 1 aliphatic rings. The fraction of sp³-hybridized carbons (Fsp3) is 0.276. The summed E-state index contributed by atoms with van der Waals surface area (Å²) < 4.78 is 5.77. The van der Waals surface area contributed by atoms with Gasteiger partial charge in [0, 0.05) is 59.6 Å². The molecule has 3 aromatic rings. The maximum Gasteiger partial charge on any atom is 0.250 e. The van der Waals surface area contributed by atoms with Gasteiger partial charge in [-0.25, -0.2) is 0 Å². The molecule has 1 aliphatic heterocycles. The van der Waals surface area contributed by atoms with E-state index in [-0.39, 0.29) is 16.4 Å². The molecule has 0 spiro atoms. The van der Waals surface area contributed by atoms with Crippen molar-refractivity contribution in [1.82, 2.24) is 10.2 Å². The maximum absolute atomic E-state index is 12.5. The number of benzene rings is 2. The van der Waals surface area contributed by atoms with E-state index < -0.39 is 5.91 Å². The van der Waals surface area contributed by atoms with Crippen molar-refractivity contribution in [3.8, 4) is 11.3 Å². The number of halogens is 2. The van der Waals surface area contributed by atoms with Gasteiger partial charge in [-0.05, 0) is 72.9 Å². The number of hydrogen-bond donors (Lipinski definition) is 2. The van der Waals surface area contributed by atoms with Gasteiger partial charge in [0.1, 0.15) is 11.5 Å². The summed E-state index contributed by atoms with van der Waals surface area (Å²) in [6.45, 7) is 8.81. The summed E-state index contributed by atoms with van der Waals surface area (Å²) >= 11 is 17.5. The lowest BCUT2D eigenvalue weighted by molar-refractivity contribution is -0.139. The molecule has 0 atom stereocenters. The van der Waals surface area contributed by atoms with E-state index in [9.17, 15) is 9.59 Å². The van der Waals surface area contributed by atoms with Gasteiger partial charge in [0.05, 0.1) is 5.02 Å². The molecule has 0 aliphatic carbocycles. The highest BCUT2D eigenvalue weighted by Crippen LogP contribution is 2.31. The minimum atomic E-state index is -0.394. The molecule has 2 heterocycles. The highest BCUT2D eigenvalue weighted by molar-refractivity contribution is 7.80. The van der Waals surface area contributed by atoms with Crippen molar-refractivity contribution in [2.24, 2.45) is 5.41 Å². The van der Waals surface area contributed by atoms with E-state index in [1.54, 1.807) is 36.4 Å². The Labute approximate surface area is 243 Å². The Bertz CT molecular complexity index is 1390. The number of nitrogens with one attached hydrogen (secondary N) is 2. The molecule has 204 valence electrons. The van der Waals surface area contributed by atoms with E-state index in [2.05, 4.69) is 15.5 Å². The molecule has 2 amide bonds. The topological polar surface area (TPSA) is 77.8 Å². The Balaban J connectivity index is 1.25. The van der Waals surface area contributed by atoms with E-state index in [1.807, 2.05) is 49.9 Å². The highest BCUT2D eigenvalue weighted by Gasteiger charge is 2.29. The monoisotopic (exact) mass is 584 g/mol. The molecule has 1 saturated heterocycles. The smallest absolute Gasteiger partial charge is 0.250 e.